The molecule has 2 N–H and O–H groups in total. The Hall–Kier alpha value is -2.53. The average Bonchev–Trinajstić information content (AvgIpc) is 2.89. The molecule has 0 bridgehead atoms. The Morgan fingerprint density at radius 1 is 1.38 bits per heavy atom. The summed E-state index contributed by atoms with van der Waals surface area (Å²) >= 11 is 0. The number of amides is 1. The van der Waals surface area contributed by atoms with Gasteiger partial charge in [-0.25, -0.2) is 9.98 Å². The van der Waals surface area contributed by atoms with E-state index in [0.717, 1.165) is 19.5 Å². The van der Waals surface area contributed by atoms with Crippen LogP contribution in [-0.2, 0) is 17.8 Å². The van der Waals surface area contributed by atoms with Crippen LogP contribution < -0.4 is 5.32 Å². The lowest BCUT2D eigenvalue weighted by Gasteiger charge is -2.30. The Morgan fingerprint density at radius 2 is 2.21 bits per heavy atom. The maximum Gasteiger partial charge on any atom is 0.270 e. The highest BCUT2D eigenvalue weighted by molar-refractivity contribution is 6.43. The molecule has 2 heterocycles. The van der Waals surface area contributed by atoms with E-state index in [0.29, 0.717) is 6.54 Å². The van der Waals surface area contributed by atoms with Crippen molar-refractivity contribution in [3.63, 3.8) is 0 Å². The minimum atomic E-state index is -0.624. The molecule has 2 aliphatic heterocycles. The van der Waals surface area contributed by atoms with Crippen molar-refractivity contribution in [2.45, 2.75) is 19.1 Å². The predicted molar refractivity (Wildman–Crippen MR) is 93.0 cm³/mol. The molecule has 6 nitrogen and oxygen atoms in total. The molecule has 2 aliphatic rings. The van der Waals surface area contributed by atoms with E-state index in [-0.39, 0.29) is 18.2 Å². The van der Waals surface area contributed by atoms with Gasteiger partial charge in [-0.15, -0.1) is 0 Å². The van der Waals surface area contributed by atoms with Crippen LogP contribution in [0.5, 0.6) is 0 Å². The number of benzene rings is 1. The van der Waals surface area contributed by atoms with E-state index >= 15 is 0 Å². The van der Waals surface area contributed by atoms with Gasteiger partial charge < -0.3 is 10.4 Å². The Bertz CT molecular complexity index is 732. The highest BCUT2D eigenvalue weighted by Crippen LogP contribution is 2.18. The number of hydrogen-bond acceptors (Lipinski definition) is 5. The second kappa shape index (κ2) is 7.84. The summed E-state index contributed by atoms with van der Waals surface area (Å²) in [6.07, 6.45) is 4.68. The highest BCUT2D eigenvalue weighted by Gasteiger charge is 2.19. The molecule has 0 spiro atoms. The van der Waals surface area contributed by atoms with Gasteiger partial charge in [-0.2, -0.15) is 0 Å². The van der Waals surface area contributed by atoms with Crippen molar-refractivity contribution in [1.82, 2.24) is 10.2 Å². The van der Waals surface area contributed by atoms with Gasteiger partial charge in [-0.05, 0) is 23.6 Å². The maximum absolute atomic E-state index is 12.0. The molecule has 1 atom stereocenters. The summed E-state index contributed by atoms with van der Waals surface area (Å²) in [6.45, 7) is 2.46. The van der Waals surface area contributed by atoms with Crippen molar-refractivity contribution in [1.29, 1.82) is 0 Å². The molecular formula is C18H20N4O2. The molecular weight excluding hydrogens is 304 g/mol. The van der Waals surface area contributed by atoms with Crippen molar-refractivity contribution >= 4 is 17.5 Å². The highest BCUT2D eigenvalue weighted by atomic mass is 16.3. The minimum absolute atomic E-state index is 0.189. The number of aliphatic imine (C=N–C) groups is 2. The first-order valence-electron chi connectivity index (χ1n) is 7.99. The largest absolute Gasteiger partial charge is 0.390 e. The summed E-state index contributed by atoms with van der Waals surface area (Å²) in [6, 6.07) is 8.38. The van der Waals surface area contributed by atoms with Crippen molar-refractivity contribution in [3.8, 4) is 0 Å². The minimum Gasteiger partial charge on any atom is -0.390 e. The molecule has 0 saturated carbocycles. The number of aliphatic hydroxyl groups excluding tert-OH is 1. The molecule has 1 aromatic rings. The molecule has 3 rings (SSSR count). The smallest absolute Gasteiger partial charge is 0.270 e. The maximum atomic E-state index is 12.0. The Labute approximate surface area is 140 Å². The van der Waals surface area contributed by atoms with Crippen LogP contribution in [-0.4, -0.2) is 53.2 Å². The van der Waals surface area contributed by atoms with Crippen molar-refractivity contribution in [2.24, 2.45) is 9.98 Å². The molecule has 1 amide bonds. The lowest BCUT2D eigenvalue weighted by Crippen LogP contribution is -2.43. The Morgan fingerprint density at radius 3 is 3.08 bits per heavy atom. The summed E-state index contributed by atoms with van der Waals surface area (Å²) in [7, 11) is 0. The first-order valence-corrected chi connectivity index (χ1v) is 7.99. The molecule has 1 unspecified atom stereocenters. The van der Waals surface area contributed by atoms with E-state index in [1.54, 1.807) is 0 Å². The topological polar surface area (TPSA) is 77.3 Å². The third-order valence-corrected chi connectivity index (χ3v) is 4.05. The Kier molecular flexibility index (Phi) is 5.33. The predicted octanol–water partition coefficient (Wildman–Crippen LogP) is 0.673. The zero-order valence-electron chi connectivity index (χ0n) is 13.4. The fourth-order valence-corrected chi connectivity index (χ4v) is 2.83. The van der Waals surface area contributed by atoms with Crippen LogP contribution >= 0.6 is 0 Å². The molecule has 0 aliphatic carbocycles. The lowest BCUT2D eigenvalue weighted by molar-refractivity contribution is -0.115. The second-order valence-corrected chi connectivity index (χ2v) is 5.84. The zero-order chi connectivity index (χ0) is 16.8. The average molecular weight is 324 g/mol. The molecule has 0 radical (unpaired) electrons. The first-order chi connectivity index (χ1) is 11.7. The SMILES string of the molecule is O=C(NCC(O)CN1CCc2ccccc2C1)C1=NC=C=NC=C1. The molecule has 1 aromatic carbocycles. The van der Waals surface area contributed by atoms with Crippen LogP contribution in [0.4, 0.5) is 0 Å². The summed E-state index contributed by atoms with van der Waals surface area (Å²) in [5, 5.41) is 12.9. The van der Waals surface area contributed by atoms with E-state index < -0.39 is 6.10 Å². The van der Waals surface area contributed by atoms with Crippen LogP contribution in [0, 0.1) is 0 Å². The molecule has 6 heteroatoms. The van der Waals surface area contributed by atoms with Gasteiger partial charge in [-0.3, -0.25) is 9.69 Å². The quantitative estimate of drug-likeness (QED) is 0.836. The lowest BCUT2D eigenvalue weighted by atomic mass is 10.00. The molecule has 0 saturated heterocycles. The van der Waals surface area contributed by atoms with Crippen molar-refractivity contribution < 1.29 is 9.90 Å². The first kappa shape index (κ1) is 16.3. The molecule has 0 aromatic heterocycles. The number of nitrogens with one attached hydrogen (secondary N) is 1. The second-order valence-electron chi connectivity index (χ2n) is 5.84. The standard InChI is InChI=1S/C18H20N4O2/c23-16(11-21-18(24)17-5-7-19-8-9-20-17)13-22-10-6-14-3-1-2-4-15(14)12-22/h1-5,7,9,16,23H,6,10-13H2,(H,21,24). The number of hydrogen-bond donors (Lipinski definition) is 2. The van der Waals surface area contributed by atoms with Gasteiger partial charge in [0, 0.05) is 38.2 Å². The van der Waals surface area contributed by atoms with Gasteiger partial charge in [0.1, 0.15) is 5.71 Å². The number of β-amino-alcohol motifs (C(OH)–C–C–N with tert-alkyl or cyclic N) is 1. The van der Waals surface area contributed by atoms with E-state index in [1.165, 1.54) is 29.6 Å². The van der Waals surface area contributed by atoms with Crippen LogP contribution in [0.2, 0.25) is 0 Å². The number of carbonyl (C=O) groups is 1. The van der Waals surface area contributed by atoms with Crippen LogP contribution in [0.15, 0.2) is 52.7 Å². The van der Waals surface area contributed by atoms with Gasteiger partial charge in [-0.1, -0.05) is 24.3 Å². The molecule has 24 heavy (non-hydrogen) atoms. The summed E-state index contributed by atoms with van der Waals surface area (Å²) in [5.74, 6) is 2.22. The van der Waals surface area contributed by atoms with Gasteiger partial charge in [0.25, 0.3) is 5.91 Å². The fourth-order valence-electron chi connectivity index (χ4n) is 2.83. The van der Waals surface area contributed by atoms with E-state index in [4.69, 9.17) is 0 Å². The van der Waals surface area contributed by atoms with Crippen LogP contribution in [0.3, 0.4) is 0 Å². The molecule has 124 valence electrons. The van der Waals surface area contributed by atoms with Gasteiger partial charge in [0.15, 0.2) is 0 Å². The van der Waals surface area contributed by atoms with E-state index in [9.17, 15) is 9.90 Å². The third-order valence-electron chi connectivity index (χ3n) is 4.05. The van der Waals surface area contributed by atoms with Crippen molar-refractivity contribution in [3.05, 3.63) is 53.9 Å². The zero-order valence-corrected chi connectivity index (χ0v) is 13.4. The monoisotopic (exact) mass is 324 g/mol. The molecule has 0 fully saturated rings. The summed E-state index contributed by atoms with van der Waals surface area (Å²) in [5.41, 5.74) is 2.94. The summed E-state index contributed by atoms with van der Waals surface area (Å²) < 4.78 is 0. The number of fused-ring (bicyclic) bond motifs is 1. The van der Waals surface area contributed by atoms with Crippen molar-refractivity contribution in [2.75, 3.05) is 19.6 Å². The number of carbonyl (C=O) groups excluding carboxylic acids is 1. The Balaban J connectivity index is 1.46. The normalized spacial score (nSPS) is 17.8. The van der Waals surface area contributed by atoms with Gasteiger partial charge in [0.2, 0.25) is 0 Å². The third kappa shape index (κ3) is 4.26. The van der Waals surface area contributed by atoms with Gasteiger partial charge in [0.05, 0.1) is 12.3 Å². The van der Waals surface area contributed by atoms with E-state index in [1.807, 2.05) is 6.07 Å². The van der Waals surface area contributed by atoms with Crippen LogP contribution in [0.25, 0.3) is 0 Å². The van der Waals surface area contributed by atoms with Crippen LogP contribution in [0.1, 0.15) is 11.1 Å². The summed E-state index contributed by atoms with van der Waals surface area (Å²) in [4.78, 5) is 21.9. The van der Waals surface area contributed by atoms with Gasteiger partial charge >= 0.3 is 0 Å². The van der Waals surface area contributed by atoms with E-state index in [2.05, 4.69) is 44.3 Å². The number of rotatable bonds is 5. The number of aliphatic hydroxyl groups is 1. The number of nitrogens with zero attached hydrogens (tertiary/aromatic N) is 3. The fraction of sp³-hybridized carbons (Fsp3) is 0.333.